The Labute approximate surface area is 176 Å². The van der Waals surface area contributed by atoms with E-state index in [-0.39, 0.29) is 17.7 Å². The minimum Gasteiger partial charge on any atom is -0.467 e. The zero-order valence-corrected chi connectivity index (χ0v) is 17.2. The van der Waals surface area contributed by atoms with E-state index in [9.17, 15) is 4.79 Å². The number of nitrogens with one attached hydrogen (secondary N) is 1. The van der Waals surface area contributed by atoms with Crippen LogP contribution in [0.5, 0.6) is 5.75 Å². The number of benzene rings is 3. The van der Waals surface area contributed by atoms with E-state index in [2.05, 4.69) is 71.7 Å². The van der Waals surface area contributed by atoms with Crippen LogP contribution in [0.3, 0.4) is 0 Å². The van der Waals surface area contributed by atoms with Gasteiger partial charge < -0.3 is 10.1 Å². The Morgan fingerprint density at radius 3 is 2.80 bits per heavy atom. The van der Waals surface area contributed by atoms with Gasteiger partial charge >= 0.3 is 0 Å². The maximum absolute atomic E-state index is 12.5. The molecule has 2 bridgehead atoms. The van der Waals surface area contributed by atoms with Gasteiger partial charge in [-0.05, 0) is 34.9 Å². The van der Waals surface area contributed by atoms with E-state index >= 15 is 0 Å². The minimum atomic E-state index is -0.566. The number of hydrogen-bond acceptors (Lipinski definition) is 3. The topological polar surface area (TPSA) is 41.6 Å². The summed E-state index contributed by atoms with van der Waals surface area (Å²) in [4.78, 5) is 15.1. The third-order valence-corrected chi connectivity index (χ3v) is 7.47. The number of para-hydroxylation sites is 1. The molecule has 0 aromatic heterocycles. The van der Waals surface area contributed by atoms with Crippen LogP contribution in [0.25, 0.3) is 10.8 Å². The molecule has 3 heterocycles. The van der Waals surface area contributed by atoms with Crippen molar-refractivity contribution in [3.05, 3.63) is 77.9 Å². The molecule has 0 saturated carbocycles. The first kappa shape index (κ1) is 18.0. The number of nitrogens with zero attached hydrogens (tertiary/aromatic N) is 1. The standard InChI is InChI=1S/C26H26N2O2/c1-17(19-11-6-8-18-7-2-3-9-20(18)19)28-14-13-26-23(16-28)22(15-25(29)27-26)21-10-4-5-12-24(21)30-26/h2-12,17,22-23H,13-16H2,1H3,(H,27,29)/t17-,22+,23-,26-/m1/s1. The van der Waals surface area contributed by atoms with Gasteiger partial charge in [-0.1, -0.05) is 60.7 Å². The van der Waals surface area contributed by atoms with E-state index in [1.54, 1.807) is 0 Å². The summed E-state index contributed by atoms with van der Waals surface area (Å²) < 4.78 is 6.51. The first-order chi connectivity index (χ1) is 14.6. The van der Waals surface area contributed by atoms with E-state index in [4.69, 9.17) is 4.74 Å². The highest BCUT2D eigenvalue weighted by molar-refractivity contribution is 5.86. The molecule has 0 aliphatic carbocycles. The first-order valence-corrected chi connectivity index (χ1v) is 11.0. The van der Waals surface area contributed by atoms with Crippen molar-refractivity contribution in [3.63, 3.8) is 0 Å². The van der Waals surface area contributed by atoms with Gasteiger partial charge in [0.1, 0.15) is 5.75 Å². The molecule has 30 heavy (non-hydrogen) atoms. The number of carbonyl (C=O) groups is 1. The molecule has 0 unspecified atom stereocenters. The van der Waals surface area contributed by atoms with Crippen LogP contribution in [0.2, 0.25) is 0 Å². The SMILES string of the molecule is C[C@H](c1cccc2ccccc12)N1CC[C@@]23NC(=O)C[C@@H](c4ccccc4O2)[C@H]3C1. The highest BCUT2D eigenvalue weighted by Gasteiger charge is 2.57. The molecule has 152 valence electrons. The van der Waals surface area contributed by atoms with Crippen molar-refractivity contribution in [3.8, 4) is 5.75 Å². The lowest BCUT2D eigenvalue weighted by atomic mass is 9.69. The minimum absolute atomic E-state index is 0.112. The third kappa shape index (κ3) is 2.60. The number of ether oxygens (including phenoxy) is 1. The Morgan fingerprint density at radius 1 is 1.07 bits per heavy atom. The lowest BCUT2D eigenvalue weighted by molar-refractivity contribution is -0.154. The van der Waals surface area contributed by atoms with Crippen molar-refractivity contribution in [2.24, 2.45) is 5.92 Å². The van der Waals surface area contributed by atoms with Crippen molar-refractivity contribution in [2.45, 2.75) is 37.5 Å². The molecular weight excluding hydrogens is 372 g/mol. The molecule has 2 fully saturated rings. The van der Waals surface area contributed by atoms with Gasteiger partial charge in [0.2, 0.25) is 5.91 Å². The number of carbonyl (C=O) groups excluding carboxylic acids is 1. The molecule has 1 N–H and O–H groups in total. The fourth-order valence-electron chi connectivity index (χ4n) is 5.94. The van der Waals surface area contributed by atoms with Gasteiger partial charge in [-0.2, -0.15) is 0 Å². The number of piperidine rings is 2. The molecule has 6 rings (SSSR count). The van der Waals surface area contributed by atoms with Crippen LogP contribution in [0, 0.1) is 5.92 Å². The molecule has 3 aromatic carbocycles. The maximum atomic E-state index is 12.5. The first-order valence-electron chi connectivity index (χ1n) is 11.0. The third-order valence-electron chi connectivity index (χ3n) is 7.47. The molecule has 0 radical (unpaired) electrons. The van der Waals surface area contributed by atoms with Crippen LogP contribution >= 0.6 is 0 Å². The molecule has 3 aromatic rings. The van der Waals surface area contributed by atoms with Crippen molar-refractivity contribution < 1.29 is 9.53 Å². The predicted octanol–water partition coefficient (Wildman–Crippen LogP) is 4.62. The van der Waals surface area contributed by atoms with Crippen molar-refractivity contribution in [1.82, 2.24) is 10.2 Å². The lowest BCUT2D eigenvalue weighted by Gasteiger charge is -2.56. The fourth-order valence-corrected chi connectivity index (χ4v) is 5.94. The van der Waals surface area contributed by atoms with Crippen LogP contribution in [0.4, 0.5) is 0 Å². The number of hydrogen-bond donors (Lipinski definition) is 1. The fraction of sp³-hybridized carbons (Fsp3) is 0.346. The molecular formula is C26H26N2O2. The summed E-state index contributed by atoms with van der Waals surface area (Å²) in [5.74, 6) is 1.53. The number of amides is 1. The molecule has 4 atom stereocenters. The highest BCUT2D eigenvalue weighted by atomic mass is 16.5. The molecule has 1 amide bonds. The molecule has 3 aliphatic rings. The lowest BCUT2D eigenvalue weighted by Crippen LogP contribution is -2.70. The average Bonchev–Trinajstić information content (AvgIpc) is 2.77. The van der Waals surface area contributed by atoms with E-state index < -0.39 is 5.72 Å². The van der Waals surface area contributed by atoms with Gasteiger partial charge in [-0.15, -0.1) is 0 Å². The highest BCUT2D eigenvalue weighted by Crippen LogP contribution is 2.52. The summed E-state index contributed by atoms with van der Waals surface area (Å²) >= 11 is 0. The Bertz CT molecular complexity index is 1140. The number of fused-ring (bicyclic) bond motifs is 3. The van der Waals surface area contributed by atoms with Crippen molar-refractivity contribution in [2.75, 3.05) is 13.1 Å². The van der Waals surface area contributed by atoms with Gasteiger partial charge in [0.15, 0.2) is 5.72 Å². The summed E-state index contributed by atoms with van der Waals surface area (Å²) in [7, 11) is 0. The van der Waals surface area contributed by atoms with Gasteiger partial charge in [0, 0.05) is 43.8 Å². The Morgan fingerprint density at radius 2 is 1.87 bits per heavy atom. The van der Waals surface area contributed by atoms with Crippen LogP contribution in [-0.4, -0.2) is 29.6 Å². The second-order valence-electron chi connectivity index (χ2n) is 8.98. The van der Waals surface area contributed by atoms with E-state index in [0.29, 0.717) is 12.5 Å². The molecule has 2 saturated heterocycles. The summed E-state index contributed by atoms with van der Waals surface area (Å²) in [5, 5.41) is 5.86. The van der Waals surface area contributed by atoms with Gasteiger partial charge in [0.25, 0.3) is 0 Å². The van der Waals surface area contributed by atoms with E-state index in [1.807, 2.05) is 12.1 Å². The number of likely N-dealkylation sites (tertiary alicyclic amines) is 1. The Balaban J connectivity index is 1.36. The Hall–Kier alpha value is -2.85. The monoisotopic (exact) mass is 398 g/mol. The van der Waals surface area contributed by atoms with Crippen molar-refractivity contribution in [1.29, 1.82) is 0 Å². The summed E-state index contributed by atoms with van der Waals surface area (Å²) in [6.45, 7) is 4.13. The maximum Gasteiger partial charge on any atom is 0.223 e. The normalized spacial score (nSPS) is 28.8. The summed E-state index contributed by atoms with van der Waals surface area (Å²) in [6, 6.07) is 23.8. The smallest absolute Gasteiger partial charge is 0.223 e. The van der Waals surface area contributed by atoms with Crippen LogP contribution in [0.1, 0.15) is 42.9 Å². The summed E-state index contributed by atoms with van der Waals surface area (Å²) in [6.07, 6.45) is 1.35. The van der Waals surface area contributed by atoms with E-state index in [1.165, 1.54) is 21.9 Å². The average molecular weight is 399 g/mol. The van der Waals surface area contributed by atoms with Crippen LogP contribution in [0.15, 0.2) is 66.7 Å². The van der Waals surface area contributed by atoms with Gasteiger partial charge in [-0.3, -0.25) is 9.69 Å². The Kier molecular flexibility index (Phi) is 3.94. The zero-order valence-electron chi connectivity index (χ0n) is 17.2. The summed E-state index contributed by atoms with van der Waals surface area (Å²) in [5.41, 5.74) is 1.99. The molecule has 0 spiro atoms. The zero-order chi connectivity index (χ0) is 20.3. The quantitative estimate of drug-likeness (QED) is 0.685. The largest absolute Gasteiger partial charge is 0.467 e. The molecule has 3 aliphatic heterocycles. The van der Waals surface area contributed by atoms with Crippen LogP contribution in [-0.2, 0) is 4.79 Å². The van der Waals surface area contributed by atoms with Gasteiger partial charge in [0.05, 0.1) is 0 Å². The molecule has 4 heteroatoms. The van der Waals surface area contributed by atoms with Gasteiger partial charge in [-0.25, -0.2) is 0 Å². The van der Waals surface area contributed by atoms with Crippen molar-refractivity contribution >= 4 is 16.7 Å². The van der Waals surface area contributed by atoms with E-state index in [0.717, 1.165) is 25.3 Å². The number of rotatable bonds is 2. The molecule has 4 nitrogen and oxygen atoms in total. The second kappa shape index (κ2) is 6.58. The van der Waals surface area contributed by atoms with Crippen LogP contribution < -0.4 is 10.1 Å². The predicted molar refractivity (Wildman–Crippen MR) is 117 cm³/mol. The second-order valence-corrected chi connectivity index (χ2v) is 8.98.